The van der Waals surface area contributed by atoms with Crippen molar-refractivity contribution in [2.75, 3.05) is 5.32 Å². The molecule has 0 aliphatic rings. The molecule has 3 N–H and O–H groups in total. The van der Waals surface area contributed by atoms with E-state index in [2.05, 4.69) is 5.32 Å². The summed E-state index contributed by atoms with van der Waals surface area (Å²) in [5.74, 6) is -0.236. The summed E-state index contributed by atoms with van der Waals surface area (Å²) in [6.45, 7) is 0. The standard InChI is InChI=1S/C14H11ClN2OS/c15-10-6-7-11(13(16)19)12(8-10)17-14(18)9-4-2-1-3-5-9/h1-8H,(H2,16,19)(H,17,18). The van der Waals surface area contributed by atoms with Gasteiger partial charge in [-0.25, -0.2) is 0 Å². The Morgan fingerprint density at radius 1 is 1.16 bits per heavy atom. The lowest BCUT2D eigenvalue weighted by Gasteiger charge is -2.10. The summed E-state index contributed by atoms with van der Waals surface area (Å²) in [6.07, 6.45) is 0. The summed E-state index contributed by atoms with van der Waals surface area (Å²) in [6, 6.07) is 13.9. The largest absolute Gasteiger partial charge is 0.389 e. The minimum absolute atomic E-state index is 0.208. The highest BCUT2D eigenvalue weighted by molar-refractivity contribution is 7.80. The van der Waals surface area contributed by atoms with Gasteiger partial charge in [-0.3, -0.25) is 4.79 Å². The fourth-order valence-corrected chi connectivity index (χ4v) is 1.97. The summed E-state index contributed by atoms with van der Waals surface area (Å²) in [5.41, 5.74) is 7.26. The van der Waals surface area contributed by atoms with E-state index < -0.39 is 0 Å². The quantitative estimate of drug-likeness (QED) is 0.853. The molecule has 2 aromatic carbocycles. The van der Waals surface area contributed by atoms with Crippen LogP contribution in [0.2, 0.25) is 5.02 Å². The van der Waals surface area contributed by atoms with Gasteiger partial charge in [0.2, 0.25) is 0 Å². The minimum atomic E-state index is -0.236. The number of thiocarbonyl (C=S) groups is 1. The summed E-state index contributed by atoms with van der Waals surface area (Å²) in [7, 11) is 0. The Balaban J connectivity index is 2.31. The first-order valence-corrected chi connectivity index (χ1v) is 6.32. The molecular formula is C14H11ClN2OS. The summed E-state index contributed by atoms with van der Waals surface area (Å²) in [5, 5.41) is 3.26. The molecule has 0 aliphatic carbocycles. The van der Waals surface area contributed by atoms with Crippen molar-refractivity contribution in [2.45, 2.75) is 0 Å². The van der Waals surface area contributed by atoms with Crippen molar-refractivity contribution >= 4 is 40.4 Å². The number of anilines is 1. The molecule has 0 fully saturated rings. The lowest BCUT2D eigenvalue weighted by molar-refractivity contribution is 0.102. The van der Waals surface area contributed by atoms with Crippen LogP contribution in [0.5, 0.6) is 0 Å². The fourth-order valence-electron chi connectivity index (χ4n) is 1.62. The molecule has 0 heterocycles. The highest BCUT2D eigenvalue weighted by Crippen LogP contribution is 2.21. The van der Waals surface area contributed by atoms with E-state index in [4.69, 9.17) is 29.6 Å². The molecule has 19 heavy (non-hydrogen) atoms. The number of benzene rings is 2. The Morgan fingerprint density at radius 3 is 2.47 bits per heavy atom. The van der Waals surface area contributed by atoms with E-state index >= 15 is 0 Å². The number of hydrogen-bond donors (Lipinski definition) is 2. The van der Waals surface area contributed by atoms with Gasteiger partial charge in [0.05, 0.1) is 5.69 Å². The summed E-state index contributed by atoms with van der Waals surface area (Å²) < 4.78 is 0. The smallest absolute Gasteiger partial charge is 0.255 e. The van der Waals surface area contributed by atoms with Crippen LogP contribution >= 0.6 is 23.8 Å². The van der Waals surface area contributed by atoms with Crippen LogP contribution in [0.1, 0.15) is 15.9 Å². The third kappa shape index (κ3) is 3.30. The number of halogens is 1. The SMILES string of the molecule is NC(=S)c1ccc(Cl)cc1NC(=O)c1ccccc1. The second kappa shape index (κ2) is 5.82. The first-order chi connectivity index (χ1) is 9.08. The van der Waals surface area contributed by atoms with Gasteiger partial charge >= 0.3 is 0 Å². The number of nitrogens with two attached hydrogens (primary N) is 1. The first kappa shape index (κ1) is 13.5. The second-order valence-electron chi connectivity index (χ2n) is 3.87. The van der Waals surface area contributed by atoms with Gasteiger partial charge in [-0.1, -0.05) is 42.0 Å². The van der Waals surface area contributed by atoms with Gasteiger partial charge < -0.3 is 11.1 Å². The normalized spacial score (nSPS) is 9.95. The van der Waals surface area contributed by atoms with Crippen LogP contribution in [0, 0.1) is 0 Å². The van der Waals surface area contributed by atoms with E-state index in [1.165, 1.54) is 0 Å². The van der Waals surface area contributed by atoms with Crippen LogP contribution in [0.25, 0.3) is 0 Å². The van der Waals surface area contributed by atoms with E-state index in [1.807, 2.05) is 6.07 Å². The van der Waals surface area contributed by atoms with Crippen molar-refractivity contribution in [3.8, 4) is 0 Å². The van der Waals surface area contributed by atoms with Crippen LogP contribution in [-0.2, 0) is 0 Å². The van der Waals surface area contributed by atoms with Gasteiger partial charge in [0.1, 0.15) is 4.99 Å². The maximum Gasteiger partial charge on any atom is 0.255 e. The number of carbonyl (C=O) groups excluding carboxylic acids is 1. The van der Waals surface area contributed by atoms with Gasteiger partial charge in [0, 0.05) is 16.1 Å². The number of hydrogen-bond acceptors (Lipinski definition) is 2. The highest BCUT2D eigenvalue weighted by atomic mass is 35.5. The fraction of sp³-hybridized carbons (Fsp3) is 0. The van der Waals surface area contributed by atoms with E-state index in [1.54, 1.807) is 42.5 Å². The Morgan fingerprint density at radius 2 is 1.84 bits per heavy atom. The molecule has 0 unspecified atom stereocenters. The Bertz CT molecular complexity index is 629. The molecule has 0 aliphatic heterocycles. The number of nitrogens with one attached hydrogen (secondary N) is 1. The van der Waals surface area contributed by atoms with Crippen molar-refractivity contribution in [3.05, 3.63) is 64.7 Å². The number of rotatable bonds is 3. The zero-order valence-electron chi connectivity index (χ0n) is 9.89. The van der Waals surface area contributed by atoms with Crippen LogP contribution < -0.4 is 11.1 Å². The molecule has 0 radical (unpaired) electrons. The molecule has 0 atom stereocenters. The molecule has 0 aromatic heterocycles. The van der Waals surface area contributed by atoms with Crippen molar-refractivity contribution in [1.82, 2.24) is 0 Å². The zero-order chi connectivity index (χ0) is 13.8. The van der Waals surface area contributed by atoms with Crippen molar-refractivity contribution in [3.63, 3.8) is 0 Å². The Kier molecular flexibility index (Phi) is 4.14. The van der Waals surface area contributed by atoms with Crippen molar-refractivity contribution < 1.29 is 4.79 Å². The van der Waals surface area contributed by atoms with Crippen LogP contribution in [0.4, 0.5) is 5.69 Å². The topological polar surface area (TPSA) is 55.1 Å². The van der Waals surface area contributed by atoms with Gasteiger partial charge in [0.15, 0.2) is 0 Å². The van der Waals surface area contributed by atoms with Gasteiger partial charge in [-0.15, -0.1) is 0 Å². The average Bonchev–Trinajstić information content (AvgIpc) is 2.39. The maximum atomic E-state index is 12.1. The molecule has 0 spiro atoms. The highest BCUT2D eigenvalue weighted by Gasteiger charge is 2.10. The van der Waals surface area contributed by atoms with E-state index in [-0.39, 0.29) is 10.9 Å². The maximum absolute atomic E-state index is 12.1. The predicted octanol–water partition coefficient (Wildman–Crippen LogP) is 3.23. The Hall–Kier alpha value is -1.91. The van der Waals surface area contributed by atoms with Crippen molar-refractivity contribution in [1.29, 1.82) is 0 Å². The number of carbonyl (C=O) groups is 1. The van der Waals surface area contributed by atoms with Crippen LogP contribution in [0.3, 0.4) is 0 Å². The lowest BCUT2D eigenvalue weighted by Crippen LogP contribution is -2.17. The second-order valence-corrected chi connectivity index (χ2v) is 4.75. The monoisotopic (exact) mass is 290 g/mol. The zero-order valence-corrected chi connectivity index (χ0v) is 11.5. The summed E-state index contributed by atoms with van der Waals surface area (Å²) >= 11 is 10.9. The third-order valence-electron chi connectivity index (χ3n) is 2.53. The molecule has 0 saturated carbocycles. The van der Waals surface area contributed by atoms with E-state index in [0.29, 0.717) is 21.8 Å². The molecule has 2 aromatic rings. The molecule has 3 nitrogen and oxygen atoms in total. The van der Waals surface area contributed by atoms with Crippen molar-refractivity contribution in [2.24, 2.45) is 5.73 Å². The molecule has 2 rings (SSSR count). The predicted molar refractivity (Wildman–Crippen MR) is 81.7 cm³/mol. The third-order valence-corrected chi connectivity index (χ3v) is 2.99. The van der Waals surface area contributed by atoms with Gasteiger partial charge in [-0.05, 0) is 30.3 Å². The minimum Gasteiger partial charge on any atom is -0.389 e. The molecule has 0 bridgehead atoms. The first-order valence-electron chi connectivity index (χ1n) is 5.53. The molecule has 96 valence electrons. The van der Waals surface area contributed by atoms with Gasteiger partial charge in [0.25, 0.3) is 5.91 Å². The summed E-state index contributed by atoms with van der Waals surface area (Å²) in [4.78, 5) is 12.3. The average molecular weight is 291 g/mol. The molecule has 5 heteroatoms. The van der Waals surface area contributed by atoms with E-state index in [9.17, 15) is 4.79 Å². The van der Waals surface area contributed by atoms with Gasteiger partial charge in [-0.2, -0.15) is 0 Å². The molecular weight excluding hydrogens is 280 g/mol. The molecule has 0 saturated heterocycles. The lowest BCUT2D eigenvalue weighted by atomic mass is 10.1. The number of amides is 1. The Labute approximate surface area is 121 Å². The van der Waals surface area contributed by atoms with E-state index in [0.717, 1.165) is 0 Å². The van der Waals surface area contributed by atoms with Crippen LogP contribution in [-0.4, -0.2) is 10.9 Å². The van der Waals surface area contributed by atoms with Crippen LogP contribution in [0.15, 0.2) is 48.5 Å². The molecule has 1 amide bonds.